The van der Waals surface area contributed by atoms with Crippen LogP contribution in [0.5, 0.6) is 0 Å². The lowest BCUT2D eigenvalue weighted by Crippen LogP contribution is -2.54. The number of amides is 2. The summed E-state index contributed by atoms with van der Waals surface area (Å²) in [7, 11) is -4.14. The molecule has 2 amide bonds. The standard InChI is InChI=1S/C36H38ClN3O4S/c1-27-12-8-11-19-33(27)40(45(43,44)32-17-6-3-7-18-32)26-35(41)39(25-29-20-22-30(37)23-21-29)34(24-28-13-4-2-5-14-28)36(42)38-31-15-9-10-16-31/h2-8,11-14,17-23,31,34H,9-10,15-16,24-26H2,1H3,(H,38,42). The van der Waals surface area contributed by atoms with E-state index < -0.39 is 28.5 Å². The Morgan fingerprint density at radius 1 is 0.822 bits per heavy atom. The molecule has 0 saturated heterocycles. The molecule has 5 rings (SSSR count). The summed E-state index contributed by atoms with van der Waals surface area (Å²) in [5.74, 6) is -0.739. The number of para-hydroxylation sites is 1. The van der Waals surface area contributed by atoms with Gasteiger partial charge in [0.25, 0.3) is 10.0 Å². The normalized spacial score (nSPS) is 14.1. The number of rotatable bonds is 12. The highest BCUT2D eigenvalue weighted by atomic mass is 35.5. The van der Waals surface area contributed by atoms with E-state index in [1.165, 1.54) is 17.0 Å². The molecule has 1 N–H and O–H groups in total. The zero-order valence-electron chi connectivity index (χ0n) is 25.3. The number of carbonyl (C=O) groups excluding carboxylic acids is 2. The molecule has 45 heavy (non-hydrogen) atoms. The molecule has 1 aliphatic carbocycles. The van der Waals surface area contributed by atoms with Crippen LogP contribution in [0.2, 0.25) is 5.02 Å². The van der Waals surface area contributed by atoms with E-state index in [9.17, 15) is 18.0 Å². The van der Waals surface area contributed by atoms with Gasteiger partial charge in [-0.25, -0.2) is 8.42 Å². The quantitative estimate of drug-likeness (QED) is 0.190. The summed E-state index contributed by atoms with van der Waals surface area (Å²) < 4.78 is 29.4. The summed E-state index contributed by atoms with van der Waals surface area (Å²) in [5, 5.41) is 3.75. The summed E-state index contributed by atoms with van der Waals surface area (Å²) in [4.78, 5) is 30.2. The van der Waals surface area contributed by atoms with E-state index in [1.807, 2.05) is 61.5 Å². The molecule has 1 atom stereocenters. The van der Waals surface area contributed by atoms with Crippen molar-refractivity contribution in [3.8, 4) is 0 Å². The summed E-state index contributed by atoms with van der Waals surface area (Å²) in [6, 6.07) is 31.0. The lowest BCUT2D eigenvalue weighted by Gasteiger charge is -2.34. The molecule has 0 spiro atoms. The van der Waals surface area contributed by atoms with Crippen LogP contribution in [0, 0.1) is 6.92 Å². The second-order valence-corrected chi connectivity index (χ2v) is 13.8. The number of sulfonamides is 1. The summed E-state index contributed by atoms with van der Waals surface area (Å²) >= 11 is 6.17. The minimum Gasteiger partial charge on any atom is -0.352 e. The largest absolute Gasteiger partial charge is 0.352 e. The molecule has 4 aromatic rings. The zero-order valence-corrected chi connectivity index (χ0v) is 26.9. The molecule has 0 heterocycles. The predicted molar refractivity (Wildman–Crippen MR) is 178 cm³/mol. The first-order valence-corrected chi connectivity index (χ1v) is 17.1. The van der Waals surface area contributed by atoms with Crippen molar-refractivity contribution in [1.82, 2.24) is 10.2 Å². The van der Waals surface area contributed by atoms with Crippen molar-refractivity contribution in [2.24, 2.45) is 0 Å². The van der Waals surface area contributed by atoms with Crippen LogP contribution in [0.25, 0.3) is 0 Å². The third kappa shape index (κ3) is 8.12. The fraction of sp³-hybridized carbons (Fsp3) is 0.278. The third-order valence-electron chi connectivity index (χ3n) is 8.23. The van der Waals surface area contributed by atoms with E-state index in [0.717, 1.165) is 41.1 Å². The number of hydrogen-bond donors (Lipinski definition) is 1. The van der Waals surface area contributed by atoms with Gasteiger partial charge in [0.05, 0.1) is 10.6 Å². The molecule has 9 heteroatoms. The predicted octanol–water partition coefficient (Wildman–Crippen LogP) is 6.54. The van der Waals surface area contributed by atoms with Gasteiger partial charge in [-0.15, -0.1) is 0 Å². The molecule has 0 radical (unpaired) electrons. The Morgan fingerprint density at radius 2 is 1.42 bits per heavy atom. The number of anilines is 1. The SMILES string of the molecule is Cc1ccccc1N(CC(=O)N(Cc1ccc(Cl)cc1)C(Cc1ccccc1)C(=O)NC1CCCC1)S(=O)(=O)c1ccccc1. The van der Waals surface area contributed by atoms with Crippen molar-refractivity contribution in [1.29, 1.82) is 0 Å². The second kappa shape index (κ2) is 14.8. The Balaban J connectivity index is 1.56. The van der Waals surface area contributed by atoms with Gasteiger partial charge >= 0.3 is 0 Å². The molecule has 4 aromatic carbocycles. The van der Waals surface area contributed by atoms with E-state index in [2.05, 4.69) is 5.32 Å². The highest BCUT2D eigenvalue weighted by Gasteiger charge is 2.35. The van der Waals surface area contributed by atoms with Crippen LogP contribution in [0.1, 0.15) is 42.4 Å². The monoisotopic (exact) mass is 643 g/mol. The fourth-order valence-corrected chi connectivity index (χ4v) is 7.41. The van der Waals surface area contributed by atoms with Gasteiger partial charge in [0.2, 0.25) is 11.8 Å². The molecular formula is C36H38ClN3O4S. The maximum Gasteiger partial charge on any atom is 0.264 e. The molecule has 0 aliphatic heterocycles. The Labute approximate surface area is 270 Å². The Bertz CT molecular complexity index is 1690. The summed E-state index contributed by atoms with van der Waals surface area (Å²) in [6.45, 7) is 1.42. The molecule has 0 bridgehead atoms. The first-order chi connectivity index (χ1) is 21.7. The number of benzene rings is 4. The smallest absolute Gasteiger partial charge is 0.264 e. The van der Waals surface area contributed by atoms with Gasteiger partial charge in [0.15, 0.2) is 0 Å². The van der Waals surface area contributed by atoms with Crippen LogP contribution < -0.4 is 9.62 Å². The van der Waals surface area contributed by atoms with Crippen LogP contribution in [0.3, 0.4) is 0 Å². The lowest BCUT2D eigenvalue weighted by molar-refractivity contribution is -0.140. The van der Waals surface area contributed by atoms with Crippen molar-refractivity contribution in [2.45, 2.75) is 62.6 Å². The highest BCUT2D eigenvalue weighted by Crippen LogP contribution is 2.28. The number of nitrogens with zero attached hydrogens (tertiary/aromatic N) is 2. The number of carbonyl (C=O) groups is 2. The van der Waals surface area contributed by atoms with E-state index in [-0.39, 0.29) is 29.8 Å². The number of hydrogen-bond acceptors (Lipinski definition) is 4. The third-order valence-corrected chi connectivity index (χ3v) is 10.3. The number of halogens is 1. The maximum absolute atomic E-state index is 14.6. The molecule has 1 saturated carbocycles. The second-order valence-electron chi connectivity index (χ2n) is 11.5. The Morgan fingerprint density at radius 3 is 2.07 bits per heavy atom. The van der Waals surface area contributed by atoms with Gasteiger partial charge in [0, 0.05) is 24.0 Å². The van der Waals surface area contributed by atoms with Gasteiger partial charge in [-0.3, -0.25) is 13.9 Å². The van der Waals surface area contributed by atoms with Gasteiger partial charge in [0.1, 0.15) is 12.6 Å². The van der Waals surface area contributed by atoms with E-state index in [1.54, 1.807) is 42.5 Å². The summed E-state index contributed by atoms with van der Waals surface area (Å²) in [5.41, 5.74) is 2.77. The summed E-state index contributed by atoms with van der Waals surface area (Å²) in [6.07, 6.45) is 4.15. The molecule has 1 fully saturated rings. The highest BCUT2D eigenvalue weighted by molar-refractivity contribution is 7.92. The van der Waals surface area contributed by atoms with Crippen molar-refractivity contribution in [3.05, 3.63) is 131 Å². The minimum atomic E-state index is -4.14. The maximum atomic E-state index is 14.6. The van der Waals surface area contributed by atoms with E-state index >= 15 is 0 Å². The van der Waals surface area contributed by atoms with E-state index in [4.69, 9.17) is 11.6 Å². The number of nitrogens with one attached hydrogen (secondary N) is 1. The fourth-order valence-electron chi connectivity index (χ4n) is 5.78. The van der Waals surface area contributed by atoms with Crippen LogP contribution in [0.15, 0.2) is 114 Å². The van der Waals surface area contributed by atoms with Crippen LogP contribution in [-0.4, -0.2) is 43.8 Å². The van der Waals surface area contributed by atoms with Gasteiger partial charge in [-0.05, 0) is 66.8 Å². The molecule has 1 unspecified atom stereocenters. The molecule has 1 aliphatic rings. The van der Waals surface area contributed by atoms with Crippen molar-refractivity contribution in [3.63, 3.8) is 0 Å². The Kier molecular flexibility index (Phi) is 10.6. The van der Waals surface area contributed by atoms with Gasteiger partial charge in [-0.2, -0.15) is 0 Å². The van der Waals surface area contributed by atoms with Crippen molar-refractivity contribution >= 4 is 39.1 Å². The molecule has 234 valence electrons. The van der Waals surface area contributed by atoms with Crippen molar-refractivity contribution in [2.75, 3.05) is 10.8 Å². The van der Waals surface area contributed by atoms with Crippen LogP contribution >= 0.6 is 11.6 Å². The van der Waals surface area contributed by atoms with E-state index in [0.29, 0.717) is 16.3 Å². The number of aryl methyl sites for hydroxylation is 1. The average molecular weight is 644 g/mol. The molecule has 7 nitrogen and oxygen atoms in total. The average Bonchev–Trinajstić information content (AvgIpc) is 3.56. The molecular weight excluding hydrogens is 606 g/mol. The lowest BCUT2D eigenvalue weighted by atomic mass is 10.0. The van der Waals surface area contributed by atoms with Crippen molar-refractivity contribution < 1.29 is 18.0 Å². The van der Waals surface area contributed by atoms with Crippen LogP contribution in [-0.2, 0) is 32.6 Å². The first-order valence-electron chi connectivity index (χ1n) is 15.2. The van der Waals surface area contributed by atoms with Crippen LogP contribution in [0.4, 0.5) is 5.69 Å². The van der Waals surface area contributed by atoms with Gasteiger partial charge < -0.3 is 10.2 Å². The van der Waals surface area contributed by atoms with Gasteiger partial charge in [-0.1, -0.05) is 103 Å². The minimum absolute atomic E-state index is 0.0465. The Hall–Kier alpha value is -4.14. The first kappa shape index (κ1) is 32.3. The zero-order chi connectivity index (χ0) is 31.8. The topological polar surface area (TPSA) is 86.8 Å². The molecule has 0 aromatic heterocycles.